The normalized spacial score (nSPS) is 10.5. The van der Waals surface area contributed by atoms with Crippen LogP contribution in [0.25, 0.3) is 22.8 Å². The summed E-state index contributed by atoms with van der Waals surface area (Å²) in [6.45, 7) is 0. The summed E-state index contributed by atoms with van der Waals surface area (Å²) >= 11 is 0. The highest BCUT2D eigenvalue weighted by atomic mass is 16.4. The number of carbonyl (C=O) groups is 2. The van der Waals surface area contributed by atoms with Gasteiger partial charge in [0.25, 0.3) is 0 Å². The molecule has 12 nitrogen and oxygen atoms in total. The Morgan fingerprint density at radius 1 is 0.818 bits per heavy atom. The zero-order chi connectivity index (χ0) is 15.7. The molecule has 0 saturated heterocycles. The lowest BCUT2D eigenvalue weighted by Gasteiger charge is -2.08. The Hall–Kier alpha value is -3.70. The fourth-order valence-electron chi connectivity index (χ4n) is 1.89. The van der Waals surface area contributed by atoms with Crippen molar-refractivity contribution in [3.05, 3.63) is 23.3 Å². The van der Waals surface area contributed by atoms with Crippen molar-refractivity contribution in [1.29, 1.82) is 0 Å². The molecule has 0 amide bonds. The number of carboxylic acid groups (broad SMARTS) is 2. The van der Waals surface area contributed by atoms with E-state index >= 15 is 0 Å². The van der Waals surface area contributed by atoms with E-state index in [1.54, 1.807) is 0 Å². The number of hydrogen-bond donors (Lipinski definition) is 4. The summed E-state index contributed by atoms with van der Waals surface area (Å²) in [5.41, 5.74) is -0.331. The lowest BCUT2D eigenvalue weighted by atomic mass is 9.97. The minimum absolute atomic E-state index is 0.0298. The summed E-state index contributed by atoms with van der Waals surface area (Å²) in [7, 11) is 0. The predicted molar refractivity (Wildman–Crippen MR) is 66.7 cm³/mol. The van der Waals surface area contributed by atoms with Gasteiger partial charge in [-0.1, -0.05) is 0 Å². The number of aromatic nitrogens is 8. The van der Waals surface area contributed by atoms with Crippen molar-refractivity contribution in [2.75, 3.05) is 0 Å². The van der Waals surface area contributed by atoms with Crippen LogP contribution in [0.3, 0.4) is 0 Å². The second kappa shape index (κ2) is 5.01. The second-order valence-corrected chi connectivity index (χ2v) is 4.05. The molecule has 0 aliphatic heterocycles. The van der Waals surface area contributed by atoms with Crippen molar-refractivity contribution in [2.24, 2.45) is 0 Å². The van der Waals surface area contributed by atoms with E-state index in [1.165, 1.54) is 0 Å². The van der Waals surface area contributed by atoms with Crippen molar-refractivity contribution >= 4 is 11.9 Å². The van der Waals surface area contributed by atoms with Gasteiger partial charge in [-0.2, -0.15) is 0 Å². The number of carboxylic acids is 2. The summed E-state index contributed by atoms with van der Waals surface area (Å²) in [5, 5.41) is 44.0. The first-order valence-corrected chi connectivity index (χ1v) is 5.70. The Bertz CT molecular complexity index is 770. The van der Waals surface area contributed by atoms with E-state index in [2.05, 4.69) is 41.2 Å². The molecular formula is C10H6N8O4. The van der Waals surface area contributed by atoms with Crippen LogP contribution in [0.1, 0.15) is 20.7 Å². The van der Waals surface area contributed by atoms with Crippen LogP contribution in [0.5, 0.6) is 0 Å². The monoisotopic (exact) mass is 302 g/mol. The van der Waals surface area contributed by atoms with Gasteiger partial charge >= 0.3 is 11.9 Å². The van der Waals surface area contributed by atoms with E-state index in [1.807, 2.05) is 0 Å². The molecule has 3 rings (SSSR count). The van der Waals surface area contributed by atoms with Crippen LogP contribution in [-0.2, 0) is 0 Å². The molecule has 4 N–H and O–H groups in total. The van der Waals surface area contributed by atoms with Crippen LogP contribution in [0, 0.1) is 0 Å². The molecule has 22 heavy (non-hydrogen) atoms. The third-order valence-electron chi connectivity index (χ3n) is 2.82. The first kappa shape index (κ1) is 13.3. The summed E-state index contributed by atoms with van der Waals surface area (Å²) in [4.78, 5) is 22.9. The van der Waals surface area contributed by atoms with Crippen molar-refractivity contribution in [3.8, 4) is 22.8 Å². The van der Waals surface area contributed by atoms with Crippen molar-refractivity contribution in [3.63, 3.8) is 0 Å². The number of nitrogens with zero attached hydrogens (tertiary/aromatic N) is 6. The number of aromatic carboxylic acids is 2. The smallest absolute Gasteiger partial charge is 0.336 e. The predicted octanol–water partition coefficient (Wildman–Crippen LogP) is -0.557. The lowest BCUT2D eigenvalue weighted by Crippen LogP contribution is -2.07. The Morgan fingerprint density at radius 2 is 1.23 bits per heavy atom. The summed E-state index contributed by atoms with van der Waals surface area (Å²) in [6, 6.07) is 2.29. The lowest BCUT2D eigenvalue weighted by molar-refractivity contribution is 0.0682. The van der Waals surface area contributed by atoms with Crippen LogP contribution < -0.4 is 0 Å². The average molecular weight is 302 g/mol. The molecule has 0 radical (unpaired) electrons. The van der Waals surface area contributed by atoms with Crippen LogP contribution in [-0.4, -0.2) is 63.4 Å². The summed E-state index contributed by atoms with van der Waals surface area (Å²) in [5.74, 6) is -2.50. The Kier molecular flexibility index (Phi) is 3.02. The zero-order valence-corrected chi connectivity index (χ0v) is 10.5. The standard InChI is InChI=1S/C10H6N8O4/c19-9(20)5-1-3(7-11-15-16-12-7)6(10(21)22)2-4(5)8-13-17-18-14-8/h1-2H,(H,19,20)(H,21,22)(H,11,12,15,16)(H,13,14,17,18). The van der Waals surface area contributed by atoms with Crippen molar-refractivity contribution in [1.82, 2.24) is 41.2 Å². The SMILES string of the molecule is O=C(O)c1cc(-c2nnn[nH]2)c(C(=O)O)cc1-c1nnn[nH]1. The second-order valence-electron chi connectivity index (χ2n) is 4.05. The first-order valence-electron chi connectivity index (χ1n) is 5.70. The van der Waals surface area contributed by atoms with Crippen LogP contribution in [0.15, 0.2) is 12.1 Å². The maximum Gasteiger partial charge on any atom is 0.336 e. The van der Waals surface area contributed by atoms with E-state index in [-0.39, 0.29) is 33.9 Å². The largest absolute Gasteiger partial charge is 0.478 e. The number of benzene rings is 1. The van der Waals surface area contributed by atoms with Gasteiger partial charge in [0.05, 0.1) is 11.1 Å². The third kappa shape index (κ3) is 2.13. The highest BCUT2D eigenvalue weighted by molar-refractivity contribution is 6.02. The number of tetrazole rings is 2. The molecule has 110 valence electrons. The highest BCUT2D eigenvalue weighted by Crippen LogP contribution is 2.29. The average Bonchev–Trinajstić information content (AvgIpc) is 3.19. The van der Waals surface area contributed by atoms with Crippen molar-refractivity contribution < 1.29 is 19.8 Å². The van der Waals surface area contributed by atoms with Gasteiger partial charge in [-0.3, -0.25) is 0 Å². The highest BCUT2D eigenvalue weighted by Gasteiger charge is 2.23. The molecule has 0 spiro atoms. The number of aromatic amines is 2. The molecule has 0 bridgehead atoms. The first-order chi connectivity index (χ1) is 10.6. The van der Waals surface area contributed by atoms with Gasteiger partial charge in [-0.15, -0.1) is 10.2 Å². The van der Waals surface area contributed by atoms with Gasteiger partial charge in [-0.25, -0.2) is 19.8 Å². The van der Waals surface area contributed by atoms with E-state index < -0.39 is 11.9 Å². The quantitative estimate of drug-likeness (QED) is 0.487. The van der Waals surface area contributed by atoms with Gasteiger partial charge in [0.15, 0.2) is 11.6 Å². The van der Waals surface area contributed by atoms with Gasteiger partial charge < -0.3 is 10.2 Å². The molecule has 2 aromatic heterocycles. The summed E-state index contributed by atoms with van der Waals surface area (Å²) in [6.07, 6.45) is 0. The van der Waals surface area contributed by atoms with Crippen molar-refractivity contribution in [2.45, 2.75) is 0 Å². The third-order valence-corrected chi connectivity index (χ3v) is 2.82. The zero-order valence-electron chi connectivity index (χ0n) is 10.5. The van der Waals surface area contributed by atoms with Crippen LogP contribution >= 0.6 is 0 Å². The van der Waals surface area contributed by atoms with Crippen LogP contribution in [0.2, 0.25) is 0 Å². The number of hydrogen-bond acceptors (Lipinski definition) is 8. The Balaban J connectivity index is 2.31. The molecule has 0 aliphatic carbocycles. The van der Waals surface area contributed by atoms with Gasteiger partial charge in [0.1, 0.15) is 0 Å². The summed E-state index contributed by atoms with van der Waals surface area (Å²) < 4.78 is 0. The van der Waals surface area contributed by atoms with E-state index in [4.69, 9.17) is 0 Å². The molecule has 1 aromatic carbocycles. The number of rotatable bonds is 4. The fourth-order valence-corrected chi connectivity index (χ4v) is 1.89. The maximum atomic E-state index is 11.4. The van der Waals surface area contributed by atoms with Gasteiger partial charge in [-0.05, 0) is 33.0 Å². The van der Waals surface area contributed by atoms with Gasteiger partial charge in [0.2, 0.25) is 0 Å². The molecule has 0 atom stereocenters. The molecular weight excluding hydrogens is 296 g/mol. The fraction of sp³-hybridized carbons (Fsp3) is 0. The minimum Gasteiger partial charge on any atom is -0.478 e. The van der Waals surface area contributed by atoms with E-state index in [9.17, 15) is 19.8 Å². The molecule has 0 saturated carbocycles. The molecule has 0 aliphatic rings. The van der Waals surface area contributed by atoms with Gasteiger partial charge in [0, 0.05) is 11.1 Å². The van der Waals surface area contributed by atoms with E-state index in [0.717, 1.165) is 12.1 Å². The molecule has 12 heteroatoms. The topological polar surface area (TPSA) is 184 Å². The maximum absolute atomic E-state index is 11.4. The van der Waals surface area contributed by atoms with E-state index in [0.29, 0.717) is 0 Å². The Labute approximate surface area is 120 Å². The molecule has 3 aromatic rings. The molecule has 0 unspecified atom stereocenters. The number of nitrogens with one attached hydrogen (secondary N) is 2. The van der Waals surface area contributed by atoms with Crippen LogP contribution in [0.4, 0.5) is 0 Å². The molecule has 0 fully saturated rings. The Morgan fingerprint density at radius 3 is 1.50 bits per heavy atom. The molecule has 2 heterocycles. The minimum atomic E-state index is -1.28. The number of H-pyrrole nitrogens is 2.